The van der Waals surface area contributed by atoms with Crippen LogP contribution in [-0.4, -0.2) is 21.7 Å². The van der Waals surface area contributed by atoms with Crippen LogP contribution in [0.1, 0.15) is 20.7 Å². The highest BCUT2D eigenvalue weighted by molar-refractivity contribution is 6.12. The van der Waals surface area contributed by atoms with Gasteiger partial charge in [-0.1, -0.05) is 18.2 Å². The van der Waals surface area contributed by atoms with Crippen molar-refractivity contribution in [2.45, 2.75) is 0 Å². The van der Waals surface area contributed by atoms with Gasteiger partial charge in [-0.3, -0.25) is 24.7 Å². The van der Waals surface area contributed by atoms with E-state index in [4.69, 9.17) is 0 Å². The zero-order chi connectivity index (χ0) is 19.2. The molecule has 3 aromatic rings. The summed E-state index contributed by atoms with van der Waals surface area (Å²) in [6, 6.07) is 15.2. The van der Waals surface area contributed by atoms with E-state index in [1.807, 2.05) is 0 Å². The number of carbonyl (C=O) groups excluding carboxylic acids is 2. The topological polar surface area (TPSA) is 114 Å². The molecular formula is C19H14N4O4. The maximum absolute atomic E-state index is 12.5. The Hall–Kier alpha value is -4.07. The third-order valence-corrected chi connectivity index (χ3v) is 3.66. The molecule has 0 atom stereocenters. The third-order valence-electron chi connectivity index (χ3n) is 3.66. The lowest BCUT2D eigenvalue weighted by Gasteiger charge is -2.11. The third kappa shape index (κ3) is 4.31. The second-order valence-electron chi connectivity index (χ2n) is 5.50. The second-order valence-corrected chi connectivity index (χ2v) is 5.50. The summed E-state index contributed by atoms with van der Waals surface area (Å²) < 4.78 is 0. The van der Waals surface area contributed by atoms with Crippen LogP contribution in [0.5, 0.6) is 0 Å². The van der Waals surface area contributed by atoms with Gasteiger partial charge in [0.1, 0.15) is 0 Å². The molecule has 3 rings (SSSR count). The number of benzene rings is 2. The SMILES string of the molecule is O=C(Nc1ccccc1C(=O)Nc1cccnc1)c1cccc([N+](=O)[O-])c1. The van der Waals surface area contributed by atoms with E-state index in [0.29, 0.717) is 5.69 Å². The molecule has 27 heavy (non-hydrogen) atoms. The molecule has 0 aliphatic rings. The lowest BCUT2D eigenvalue weighted by molar-refractivity contribution is -0.384. The number of pyridine rings is 1. The van der Waals surface area contributed by atoms with E-state index in [9.17, 15) is 19.7 Å². The number of amides is 2. The number of hydrogen-bond acceptors (Lipinski definition) is 5. The monoisotopic (exact) mass is 362 g/mol. The minimum Gasteiger partial charge on any atom is -0.321 e. The van der Waals surface area contributed by atoms with Crippen molar-refractivity contribution in [2.24, 2.45) is 0 Å². The second kappa shape index (κ2) is 7.87. The number of nitrogens with zero attached hydrogens (tertiary/aromatic N) is 2. The standard InChI is InChI=1S/C19H14N4O4/c24-18(13-5-3-7-15(11-13)23(26)27)22-17-9-2-1-8-16(17)19(25)21-14-6-4-10-20-12-14/h1-12H,(H,21,25)(H,22,24). The average molecular weight is 362 g/mol. The molecule has 0 unspecified atom stereocenters. The fourth-order valence-electron chi connectivity index (χ4n) is 2.38. The molecule has 2 amide bonds. The van der Waals surface area contributed by atoms with E-state index in [-0.39, 0.29) is 22.5 Å². The van der Waals surface area contributed by atoms with Crippen molar-refractivity contribution in [3.05, 3.63) is 94.3 Å². The lowest BCUT2D eigenvalue weighted by Crippen LogP contribution is -2.18. The molecule has 0 aliphatic carbocycles. The summed E-state index contributed by atoms with van der Waals surface area (Å²) in [5.41, 5.74) is 0.981. The molecule has 0 saturated carbocycles. The largest absolute Gasteiger partial charge is 0.321 e. The summed E-state index contributed by atoms with van der Waals surface area (Å²) in [6.45, 7) is 0. The first-order valence-electron chi connectivity index (χ1n) is 7.91. The van der Waals surface area contributed by atoms with E-state index in [0.717, 1.165) is 0 Å². The molecule has 2 aromatic carbocycles. The number of nitrogens with one attached hydrogen (secondary N) is 2. The Balaban J connectivity index is 1.81. The van der Waals surface area contributed by atoms with Crippen LogP contribution in [0.2, 0.25) is 0 Å². The summed E-state index contributed by atoms with van der Waals surface area (Å²) in [7, 11) is 0. The number of carbonyl (C=O) groups is 2. The lowest BCUT2D eigenvalue weighted by atomic mass is 10.1. The highest BCUT2D eigenvalue weighted by Gasteiger charge is 2.16. The van der Waals surface area contributed by atoms with Gasteiger partial charge in [-0.15, -0.1) is 0 Å². The molecule has 1 heterocycles. The molecule has 8 heteroatoms. The van der Waals surface area contributed by atoms with Gasteiger partial charge in [0.25, 0.3) is 17.5 Å². The van der Waals surface area contributed by atoms with Crippen molar-refractivity contribution in [2.75, 3.05) is 10.6 Å². The highest BCUT2D eigenvalue weighted by atomic mass is 16.6. The van der Waals surface area contributed by atoms with Crippen LogP contribution in [0.4, 0.5) is 17.1 Å². The summed E-state index contributed by atoms with van der Waals surface area (Å²) in [4.78, 5) is 39.2. The molecule has 0 aliphatic heterocycles. The van der Waals surface area contributed by atoms with Crippen LogP contribution < -0.4 is 10.6 Å². The fraction of sp³-hybridized carbons (Fsp3) is 0. The van der Waals surface area contributed by atoms with Gasteiger partial charge in [0.15, 0.2) is 0 Å². The number of nitro benzene ring substituents is 1. The number of nitro groups is 1. The smallest absolute Gasteiger partial charge is 0.270 e. The van der Waals surface area contributed by atoms with Gasteiger partial charge in [0, 0.05) is 23.9 Å². The minimum atomic E-state index is -0.577. The first-order valence-corrected chi connectivity index (χ1v) is 7.91. The molecule has 0 fully saturated rings. The molecule has 8 nitrogen and oxygen atoms in total. The fourth-order valence-corrected chi connectivity index (χ4v) is 2.38. The van der Waals surface area contributed by atoms with E-state index in [1.54, 1.807) is 42.6 Å². The average Bonchev–Trinajstić information content (AvgIpc) is 2.69. The Bertz CT molecular complexity index is 1010. The maximum atomic E-state index is 12.5. The molecule has 0 saturated heterocycles. The van der Waals surface area contributed by atoms with Crippen molar-refractivity contribution in [3.8, 4) is 0 Å². The molecular weight excluding hydrogens is 348 g/mol. The number of aromatic nitrogens is 1. The van der Waals surface area contributed by atoms with Gasteiger partial charge in [0.2, 0.25) is 0 Å². The van der Waals surface area contributed by atoms with Gasteiger partial charge < -0.3 is 10.6 Å². The Morgan fingerprint density at radius 1 is 0.926 bits per heavy atom. The normalized spacial score (nSPS) is 10.1. The van der Waals surface area contributed by atoms with Gasteiger partial charge in [-0.2, -0.15) is 0 Å². The zero-order valence-corrected chi connectivity index (χ0v) is 14.0. The van der Waals surface area contributed by atoms with Crippen molar-refractivity contribution in [3.63, 3.8) is 0 Å². The minimum absolute atomic E-state index is 0.117. The van der Waals surface area contributed by atoms with Crippen LogP contribution in [0.3, 0.4) is 0 Å². The Morgan fingerprint density at radius 3 is 2.48 bits per heavy atom. The quantitative estimate of drug-likeness (QED) is 0.532. The molecule has 0 spiro atoms. The van der Waals surface area contributed by atoms with E-state index in [2.05, 4.69) is 15.6 Å². The summed E-state index contributed by atoms with van der Waals surface area (Å²) in [5, 5.41) is 16.2. The molecule has 134 valence electrons. The maximum Gasteiger partial charge on any atom is 0.270 e. The summed E-state index contributed by atoms with van der Waals surface area (Å²) in [5.74, 6) is -0.974. The van der Waals surface area contributed by atoms with Crippen LogP contribution in [-0.2, 0) is 0 Å². The van der Waals surface area contributed by atoms with Crippen molar-refractivity contribution < 1.29 is 14.5 Å². The van der Waals surface area contributed by atoms with Crippen molar-refractivity contribution in [1.82, 2.24) is 4.98 Å². The number of hydrogen-bond donors (Lipinski definition) is 2. The van der Waals surface area contributed by atoms with Crippen molar-refractivity contribution >= 4 is 28.9 Å². The number of para-hydroxylation sites is 1. The Kier molecular flexibility index (Phi) is 5.17. The van der Waals surface area contributed by atoms with E-state index >= 15 is 0 Å². The van der Waals surface area contributed by atoms with Crippen LogP contribution >= 0.6 is 0 Å². The highest BCUT2D eigenvalue weighted by Crippen LogP contribution is 2.19. The predicted octanol–water partition coefficient (Wildman–Crippen LogP) is 3.49. The first kappa shape index (κ1) is 17.7. The number of rotatable bonds is 5. The first-order chi connectivity index (χ1) is 13.0. The predicted molar refractivity (Wildman–Crippen MR) is 99.7 cm³/mol. The van der Waals surface area contributed by atoms with Crippen LogP contribution in [0.25, 0.3) is 0 Å². The van der Waals surface area contributed by atoms with Gasteiger partial charge >= 0.3 is 0 Å². The number of anilines is 2. The summed E-state index contributed by atoms with van der Waals surface area (Å²) in [6.07, 6.45) is 3.09. The number of non-ortho nitro benzene ring substituents is 1. The summed E-state index contributed by atoms with van der Waals surface area (Å²) >= 11 is 0. The van der Waals surface area contributed by atoms with Crippen LogP contribution in [0, 0.1) is 10.1 Å². The zero-order valence-electron chi connectivity index (χ0n) is 14.0. The molecule has 2 N–H and O–H groups in total. The molecule has 0 radical (unpaired) electrons. The molecule has 0 bridgehead atoms. The van der Waals surface area contributed by atoms with Crippen molar-refractivity contribution in [1.29, 1.82) is 0 Å². The van der Waals surface area contributed by atoms with Crippen LogP contribution in [0.15, 0.2) is 73.1 Å². The van der Waals surface area contributed by atoms with E-state index in [1.165, 1.54) is 30.5 Å². The van der Waals surface area contributed by atoms with E-state index < -0.39 is 16.7 Å². The van der Waals surface area contributed by atoms with Gasteiger partial charge in [0.05, 0.1) is 28.1 Å². The Labute approximate surface area is 154 Å². The Morgan fingerprint density at radius 2 is 1.74 bits per heavy atom. The van der Waals surface area contributed by atoms with Gasteiger partial charge in [-0.25, -0.2) is 0 Å². The molecule has 1 aromatic heterocycles. The van der Waals surface area contributed by atoms with Gasteiger partial charge in [-0.05, 0) is 30.3 Å².